The van der Waals surface area contributed by atoms with Gasteiger partial charge < -0.3 is 4.42 Å². The molecule has 0 radical (unpaired) electrons. The van der Waals surface area contributed by atoms with Crippen molar-refractivity contribution < 1.29 is 4.42 Å². The number of hydrogen-bond donors (Lipinski definition) is 0. The first kappa shape index (κ1) is 11.5. The summed E-state index contributed by atoms with van der Waals surface area (Å²) in [5.74, 6) is 0. The summed E-state index contributed by atoms with van der Waals surface area (Å²) in [6, 6.07) is 17.7. The van der Waals surface area contributed by atoms with Crippen LogP contribution in [0.5, 0.6) is 0 Å². The van der Waals surface area contributed by atoms with E-state index in [0.717, 1.165) is 33.2 Å². The third-order valence-corrected chi connectivity index (χ3v) is 3.71. The zero-order chi connectivity index (χ0) is 13.5. The molecule has 0 bridgehead atoms. The van der Waals surface area contributed by atoms with Gasteiger partial charge in [-0.2, -0.15) is 0 Å². The predicted octanol–water partition coefficient (Wildman–Crippen LogP) is 5.30. The van der Waals surface area contributed by atoms with Crippen LogP contribution in [0.4, 0.5) is 0 Å². The van der Waals surface area contributed by atoms with E-state index in [4.69, 9.17) is 16.0 Å². The Balaban J connectivity index is 2.03. The average Bonchev–Trinajstić information content (AvgIpc) is 2.85. The Hall–Kier alpha value is -2.32. The third-order valence-electron chi connectivity index (χ3n) is 3.41. The van der Waals surface area contributed by atoms with Crippen LogP contribution in [-0.2, 0) is 0 Å². The van der Waals surface area contributed by atoms with Crippen LogP contribution in [0.1, 0.15) is 0 Å². The van der Waals surface area contributed by atoms with Crippen LogP contribution in [0.15, 0.2) is 65.2 Å². The van der Waals surface area contributed by atoms with Gasteiger partial charge >= 0.3 is 0 Å². The van der Waals surface area contributed by atoms with Crippen LogP contribution in [0, 0.1) is 0 Å². The summed E-state index contributed by atoms with van der Waals surface area (Å²) in [6.07, 6.45) is 1.75. The molecule has 0 aliphatic rings. The first-order chi connectivity index (χ1) is 9.83. The molecular weight excluding hydrogens is 270 g/mol. The van der Waals surface area contributed by atoms with Gasteiger partial charge in [0.1, 0.15) is 11.2 Å². The topological polar surface area (TPSA) is 26.0 Å². The largest absolute Gasteiger partial charge is 0.456 e. The van der Waals surface area contributed by atoms with Crippen LogP contribution >= 0.6 is 11.6 Å². The molecule has 96 valence electrons. The SMILES string of the molecule is Clc1cccnc1-c1ccc2oc3ccccc3c2c1. The molecule has 0 unspecified atom stereocenters. The quantitative estimate of drug-likeness (QED) is 0.472. The monoisotopic (exact) mass is 279 g/mol. The number of pyridine rings is 1. The minimum atomic E-state index is 0.652. The van der Waals surface area contributed by atoms with Gasteiger partial charge in [-0.3, -0.25) is 4.98 Å². The highest BCUT2D eigenvalue weighted by Gasteiger charge is 2.10. The Bertz CT molecular complexity index is 926. The molecule has 0 amide bonds. The van der Waals surface area contributed by atoms with Crippen LogP contribution in [0.2, 0.25) is 5.02 Å². The lowest BCUT2D eigenvalue weighted by molar-refractivity contribution is 0.669. The molecule has 0 saturated heterocycles. The highest BCUT2D eigenvalue weighted by atomic mass is 35.5. The number of hydrogen-bond acceptors (Lipinski definition) is 2. The van der Waals surface area contributed by atoms with Crippen LogP contribution in [0.25, 0.3) is 33.2 Å². The number of halogens is 1. The van der Waals surface area contributed by atoms with Gasteiger partial charge in [-0.1, -0.05) is 29.8 Å². The fourth-order valence-corrected chi connectivity index (χ4v) is 2.70. The van der Waals surface area contributed by atoms with Gasteiger partial charge in [-0.15, -0.1) is 0 Å². The molecule has 4 rings (SSSR count). The second-order valence-electron chi connectivity index (χ2n) is 4.64. The summed E-state index contributed by atoms with van der Waals surface area (Å²) in [5, 5.41) is 2.84. The van der Waals surface area contributed by atoms with E-state index >= 15 is 0 Å². The smallest absolute Gasteiger partial charge is 0.135 e. The number of furan rings is 1. The lowest BCUT2D eigenvalue weighted by atomic mass is 10.1. The molecule has 0 aliphatic heterocycles. The fourth-order valence-electron chi connectivity index (χ4n) is 2.47. The molecular formula is C17H10ClNO. The van der Waals surface area contributed by atoms with Gasteiger partial charge in [0, 0.05) is 22.5 Å². The van der Waals surface area contributed by atoms with Gasteiger partial charge in [0.05, 0.1) is 10.7 Å². The maximum Gasteiger partial charge on any atom is 0.135 e. The molecule has 0 fully saturated rings. The maximum atomic E-state index is 6.22. The number of nitrogens with zero attached hydrogens (tertiary/aromatic N) is 1. The number of rotatable bonds is 1. The first-order valence-corrected chi connectivity index (χ1v) is 6.73. The predicted molar refractivity (Wildman–Crippen MR) is 82.0 cm³/mol. The molecule has 20 heavy (non-hydrogen) atoms. The fraction of sp³-hybridized carbons (Fsp3) is 0. The summed E-state index contributed by atoms with van der Waals surface area (Å²) < 4.78 is 5.82. The average molecular weight is 280 g/mol. The summed E-state index contributed by atoms with van der Waals surface area (Å²) >= 11 is 6.22. The highest BCUT2D eigenvalue weighted by molar-refractivity contribution is 6.33. The lowest BCUT2D eigenvalue weighted by Gasteiger charge is -2.02. The summed E-state index contributed by atoms with van der Waals surface area (Å²) in [6.45, 7) is 0. The van der Waals surface area contributed by atoms with Crippen molar-refractivity contribution in [1.82, 2.24) is 4.98 Å². The lowest BCUT2D eigenvalue weighted by Crippen LogP contribution is -1.83. The number of fused-ring (bicyclic) bond motifs is 3. The van der Waals surface area contributed by atoms with E-state index in [1.54, 1.807) is 6.20 Å². The van der Waals surface area contributed by atoms with Crippen LogP contribution < -0.4 is 0 Å². The zero-order valence-electron chi connectivity index (χ0n) is 10.5. The van der Waals surface area contributed by atoms with E-state index < -0.39 is 0 Å². The first-order valence-electron chi connectivity index (χ1n) is 6.35. The molecule has 0 atom stereocenters. The van der Waals surface area contributed by atoms with Gasteiger partial charge in [0.25, 0.3) is 0 Å². The Morgan fingerprint density at radius 1 is 0.850 bits per heavy atom. The van der Waals surface area contributed by atoms with E-state index in [-0.39, 0.29) is 0 Å². The standard InChI is InChI=1S/C17H10ClNO/c18-14-5-3-9-19-17(14)11-7-8-16-13(10-11)12-4-1-2-6-15(12)20-16/h1-10H. The van der Waals surface area contributed by atoms with E-state index in [0.29, 0.717) is 5.02 Å². The van der Waals surface area contributed by atoms with Crippen molar-refractivity contribution in [2.75, 3.05) is 0 Å². The van der Waals surface area contributed by atoms with Crippen molar-refractivity contribution in [2.45, 2.75) is 0 Å². The second-order valence-corrected chi connectivity index (χ2v) is 5.05. The molecule has 3 heteroatoms. The Labute approximate surface area is 120 Å². The molecule has 2 aromatic heterocycles. The van der Waals surface area contributed by atoms with Gasteiger partial charge in [-0.05, 0) is 36.4 Å². The molecule has 0 saturated carbocycles. The third kappa shape index (κ3) is 1.69. The molecule has 0 aliphatic carbocycles. The van der Waals surface area contributed by atoms with Crippen LogP contribution in [-0.4, -0.2) is 4.98 Å². The van der Waals surface area contributed by atoms with Crippen molar-refractivity contribution in [1.29, 1.82) is 0 Å². The van der Waals surface area contributed by atoms with Crippen LogP contribution in [0.3, 0.4) is 0 Å². The van der Waals surface area contributed by atoms with E-state index in [2.05, 4.69) is 17.1 Å². The highest BCUT2D eigenvalue weighted by Crippen LogP contribution is 2.33. The Morgan fingerprint density at radius 2 is 1.70 bits per heavy atom. The zero-order valence-corrected chi connectivity index (χ0v) is 11.3. The number of aromatic nitrogens is 1. The molecule has 0 N–H and O–H groups in total. The van der Waals surface area contributed by atoms with E-state index in [1.165, 1.54) is 0 Å². The second kappa shape index (κ2) is 4.36. The molecule has 4 aromatic rings. The normalized spacial score (nSPS) is 11.2. The van der Waals surface area contributed by atoms with Gasteiger partial charge in [0.2, 0.25) is 0 Å². The molecule has 0 spiro atoms. The molecule has 2 nitrogen and oxygen atoms in total. The van der Waals surface area contributed by atoms with Crippen molar-refractivity contribution in [2.24, 2.45) is 0 Å². The molecule has 2 heterocycles. The Kier molecular flexibility index (Phi) is 2.51. The van der Waals surface area contributed by atoms with Crippen molar-refractivity contribution in [3.05, 3.63) is 65.8 Å². The number of para-hydroxylation sites is 1. The van der Waals surface area contributed by atoms with Crippen molar-refractivity contribution >= 4 is 33.5 Å². The summed E-state index contributed by atoms with van der Waals surface area (Å²) in [5.41, 5.74) is 3.56. The maximum absolute atomic E-state index is 6.22. The Morgan fingerprint density at radius 3 is 2.60 bits per heavy atom. The van der Waals surface area contributed by atoms with Crippen molar-refractivity contribution in [3.63, 3.8) is 0 Å². The summed E-state index contributed by atoms with van der Waals surface area (Å²) in [7, 11) is 0. The minimum Gasteiger partial charge on any atom is -0.456 e. The van der Waals surface area contributed by atoms with Gasteiger partial charge in [-0.25, -0.2) is 0 Å². The van der Waals surface area contributed by atoms with Gasteiger partial charge in [0.15, 0.2) is 0 Å². The summed E-state index contributed by atoms with van der Waals surface area (Å²) in [4.78, 5) is 4.36. The van der Waals surface area contributed by atoms with E-state index in [1.807, 2.05) is 42.5 Å². The number of benzene rings is 2. The van der Waals surface area contributed by atoms with E-state index in [9.17, 15) is 0 Å². The van der Waals surface area contributed by atoms with Crippen molar-refractivity contribution in [3.8, 4) is 11.3 Å². The minimum absolute atomic E-state index is 0.652. The molecule has 2 aromatic carbocycles.